The van der Waals surface area contributed by atoms with Crippen molar-refractivity contribution in [3.63, 3.8) is 0 Å². The summed E-state index contributed by atoms with van der Waals surface area (Å²) in [7, 11) is 1.68. The molecule has 0 aromatic heterocycles. The van der Waals surface area contributed by atoms with Gasteiger partial charge in [0, 0.05) is 39.3 Å². The van der Waals surface area contributed by atoms with Crippen LogP contribution in [0.1, 0.15) is 36.8 Å². The number of aliphatic hydroxyl groups is 1. The molecule has 9 heteroatoms. The molecule has 4 N–H and O–H groups in total. The molecule has 8 nitrogen and oxygen atoms in total. The predicted octanol–water partition coefficient (Wildman–Crippen LogP) is 4.01. The number of ether oxygens (including phenoxy) is 4. The lowest BCUT2D eigenvalue weighted by Crippen LogP contribution is -2.51. The van der Waals surface area contributed by atoms with Gasteiger partial charge in [-0.05, 0) is 67.2 Å². The smallest absolute Gasteiger partial charge is 0.138 e. The van der Waals surface area contributed by atoms with Crippen LogP contribution in [-0.2, 0) is 20.8 Å². The van der Waals surface area contributed by atoms with Gasteiger partial charge in [-0.25, -0.2) is 0 Å². The van der Waals surface area contributed by atoms with Crippen LogP contribution in [0.5, 0.6) is 11.5 Å². The molecule has 3 rings (SSSR count). The van der Waals surface area contributed by atoms with Crippen molar-refractivity contribution in [1.82, 2.24) is 5.32 Å². The van der Waals surface area contributed by atoms with Gasteiger partial charge in [-0.15, -0.1) is 0 Å². The van der Waals surface area contributed by atoms with Crippen LogP contribution in [0.3, 0.4) is 0 Å². The summed E-state index contributed by atoms with van der Waals surface area (Å²) in [5.74, 6) is 2.15. The molecule has 1 aliphatic heterocycles. The fourth-order valence-corrected chi connectivity index (χ4v) is 4.92. The molecule has 1 unspecified atom stereocenters. The number of anilines is 1. The van der Waals surface area contributed by atoms with Gasteiger partial charge in [0.2, 0.25) is 0 Å². The lowest BCUT2D eigenvalue weighted by atomic mass is 9.85. The highest BCUT2D eigenvalue weighted by Gasteiger charge is 2.36. The highest BCUT2D eigenvalue weighted by Crippen LogP contribution is 2.33. The molecule has 1 fully saturated rings. The maximum atomic E-state index is 10.2. The monoisotopic (exact) mass is 548 g/mol. The van der Waals surface area contributed by atoms with Crippen LogP contribution in [0.25, 0.3) is 0 Å². The zero-order valence-electron chi connectivity index (χ0n) is 22.9. The van der Waals surface area contributed by atoms with Crippen LogP contribution in [0.15, 0.2) is 42.5 Å². The number of methoxy groups -OCH3 is 1. The largest absolute Gasteiger partial charge is 0.506 e. The number of aliphatic hydroxyl groups excluding tert-OH is 1. The number of piperidine rings is 1. The maximum absolute atomic E-state index is 10.2. The van der Waals surface area contributed by atoms with Crippen molar-refractivity contribution in [3.05, 3.63) is 53.6 Å². The molecule has 38 heavy (non-hydrogen) atoms. The minimum atomic E-state index is -0.541. The van der Waals surface area contributed by atoms with Crippen molar-refractivity contribution in [2.24, 2.45) is 0 Å². The van der Waals surface area contributed by atoms with E-state index in [2.05, 4.69) is 29.0 Å². The molecule has 0 radical (unpaired) electrons. The van der Waals surface area contributed by atoms with Gasteiger partial charge in [0.05, 0.1) is 43.8 Å². The van der Waals surface area contributed by atoms with Crippen LogP contribution < -0.4 is 15.4 Å². The third-order valence-corrected chi connectivity index (χ3v) is 7.13. The van der Waals surface area contributed by atoms with Gasteiger partial charge in [-0.2, -0.15) is 11.8 Å². The van der Waals surface area contributed by atoms with Gasteiger partial charge < -0.3 is 39.8 Å². The average Bonchev–Trinajstić information content (AvgIpc) is 2.93. The van der Waals surface area contributed by atoms with E-state index in [0.717, 1.165) is 35.5 Å². The summed E-state index contributed by atoms with van der Waals surface area (Å²) in [5, 5.41) is 26.8. The van der Waals surface area contributed by atoms with Crippen LogP contribution in [0.4, 0.5) is 5.69 Å². The van der Waals surface area contributed by atoms with Crippen LogP contribution in [-0.4, -0.2) is 87.1 Å². The van der Waals surface area contributed by atoms with Gasteiger partial charge in [-0.1, -0.05) is 18.2 Å². The van der Waals surface area contributed by atoms with Crippen molar-refractivity contribution < 1.29 is 29.2 Å². The molecule has 4 atom stereocenters. The Bertz CT molecular complexity index is 930. The number of aromatic hydroxyl groups is 1. The molecule has 0 aliphatic carbocycles. The van der Waals surface area contributed by atoms with Crippen molar-refractivity contribution in [3.8, 4) is 11.5 Å². The molecule has 1 heterocycles. The Kier molecular flexibility index (Phi) is 13.5. The Balaban J connectivity index is 1.69. The number of phenolic OH excluding ortho intramolecular Hbond substituents is 1. The second-order valence-electron chi connectivity index (χ2n) is 9.64. The van der Waals surface area contributed by atoms with E-state index in [1.807, 2.05) is 36.0 Å². The molecule has 0 amide bonds. The van der Waals surface area contributed by atoms with E-state index in [0.29, 0.717) is 45.1 Å². The maximum Gasteiger partial charge on any atom is 0.138 e. The van der Waals surface area contributed by atoms with Gasteiger partial charge >= 0.3 is 0 Å². The summed E-state index contributed by atoms with van der Waals surface area (Å²) >= 11 is 1.82. The molecular formula is C29H44N2O6S. The van der Waals surface area contributed by atoms with E-state index in [4.69, 9.17) is 18.9 Å². The lowest BCUT2D eigenvalue weighted by Gasteiger charge is -2.39. The summed E-state index contributed by atoms with van der Waals surface area (Å²) in [5.41, 5.74) is 2.78. The van der Waals surface area contributed by atoms with E-state index < -0.39 is 6.10 Å². The van der Waals surface area contributed by atoms with Gasteiger partial charge in [0.15, 0.2) is 0 Å². The molecule has 0 saturated carbocycles. The zero-order chi connectivity index (χ0) is 27.2. The molecular weight excluding hydrogens is 504 g/mol. The fraction of sp³-hybridized carbons (Fsp3) is 0.586. The van der Waals surface area contributed by atoms with Crippen molar-refractivity contribution in [2.45, 2.75) is 50.6 Å². The molecule has 1 aliphatic rings. The van der Waals surface area contributed by atoms with Crippen molar-refractivity contribution in [2.75, 3.05) is 63.9 Å². The molecule has 212 valence electrons. The van der Waals surface area contributed by atoms with Crippen LogP contribution in [0, 0.1) is 0 Å². The van der Waals surface area contributed by atoms with E-state index in [1.165, 1.54) is 0 Å². The first-order chi connectivity index (χ1) is 18.5. The van der Waals surface area contributed by atoms with E-state index in [1.54, 1.807) is 20.1 Å². The van der Waals surface area contributed by atoms with Crippen LogP contribution in [0.2, 0.25) is 0 Å². The van der Waals surface area contributed by atoms with Crippen LogP contribution >= 0.6 is 11.8 Å². The Morgan fingerprint density at radius 2 is 1.82 bits per heavy atom. The first kappa shape index (κ1) is 30.5. The van der Waals surface area contributed by atoms with Gasteiger partial charge in [-0.3, -0.25) is 0 Å². The minimum absolute atomic E-state index is 0.00991. The third kappa shape index (κ3) is 9.94. The Morgan fingerprint density at radius 3 is 2.53 bits per heavy atom. The summed E-state index contributed by atoms with van der Waals surface area (Å²) in [4.78, 5) is 0. The van der Waals surface area contributed by atoms with E-state index in [9.17, 15) is 10.2 Å². The number of rotatable bonds is 17. The lowest BCUT2D eigenvalue weighted by molar-refractivity contribution is -0.0752. The Hall–Kier alpha value is -2.01. The fourth-order valence-electron chi connectivity index (χ4n) is 4.52. The van der Waals surface area contributed by atoms with Gasteiger partial charge in [0.1, 0.15) is 11.5 Å². The molecule has 1 saturated heterocycles. The normalized spacial score (nSPS) is 20.3. The summed E-state index contributed by atoms with van der Waals surface area (Å²) in [6.07, 6.45) is 3.15. The first-order valence-corrected chi connectivity index (χ1v) is 14.8. The van der Waals surface area contributed by atoms with Crippen molar-refractivity contribution in [1.29, 1.82) is 0 Å². The Morgan fingerprint density at radius 1 is 1.05 bits per heavy atom. The third-order valence-electron chi connectivity index (χ3n) is 6.44. The minimum Gasteiger partial charge on any atom is -0.506 e. The molecule has 2 aromatic carbocycles. The second-order valence-corrected chi connectivity index (χ2v) is 10.6. The van der Waals surface area contributed by atoms with E-state index >= 15 is 0 Å². The second kappa shape index (κ2) is 16.8. The number of benzene rings is 2. The SMILES string of the molecule is COCCCNc1cc(CO[C@H]2CNC[C@@H](OC[C@@H](C)O)C2c2ccc(OCCCSC)cc2)ccc1O. The van der Waals surface area contributed by atoms with Crippen molar-refractivity contribution >= 4 is 17.4 Å². The summed E-state index contributed by atoms with van der Waals surface area (Å²) in [6.45, 7) is 5.84. The zero-order valence-corrected chi connectivity index (χ0v) is 23.7. The topological polar surface area (TPSA) is 101 Å². The Labute approximate surface area is 231 Å². The highest BCUT2D eigenvalue weighted by molar-refractivity contribution is 7.98. The quantitative estimate of drug-likeness (QED) is 0.173. The number of thioether (sulfide) groups is 1. The average molecular weight is 549 g/mol. The van der Waals surface area contributed by atoms with E-state index in [-0.39, 0.29) is 30.5 Å². The number of phenols is 1. The number of hydrogen-bond donors (Lipinski definition) is 4. The number of nitrogens with one attached hydrogen (secondary N) is 2. The predicted molar refractivity (Wildman–Crippen MR) is 154 cm³/mol. The number of hydrogen-bond acceptors (Lipinski definition) is 9. The first-order valence-electron chi connectivity index (χ1n) is 13.4. The molecule has 2 aromatic rings. The summed E-state index contributed by atoms with van der Waals surface area (Å²) < 4.78 is 23.6. The summed E-state index contributed by atoms with van der Waals surface area (Å²) in [6, 6.07) is 13.7. The van der Waals surface area contributed by atoms with Gasteiger partial charge in [0.25, 0.3) is 0 Å². The standard InChI is InChI=1S/C29H44N2O6S/c1-21(32)19-36-27-17-30-18-28(29(27)23-7-9-24(10-8-23)35-14-5-15-38-3)37-20-22-6-11-26(33)25(16-22)31-12-4-13-34-2/h6-11,16,21,27-33H,4-5,12-15,17-20H2,1-3H3/t21-,27-,28+,29?/m1/s1. The highest BCUT2D eigenvalue weighted by atomic mass is 32.2. The molecule has 0 spiro atoms. The molecule has 0 bridgehead atoms.